The summed E-state index contributed by atoms with van der Waals surface area (Å²) in [5.41, 5.74) is 0. The zero-order valence-electron chi connectivity index (χ0n) is 9.24. The van der Waals surface area contributed by atoms with Crippen molar-refractivity contribution in [2.45, 2.75) is 39.0 Å². The van der Waals surface area contributed by atoms with Crippen LogP contribution in [0.15, 0.2) is 0 Å². The average Bonchev–Trinajstić information content (AvgIpc) is 2.26. The molecule has 4 nitrogen and oxygen atoms in total. The lowest BCUT2D eigenvalue weighted by Gasteiger charge is -2.31. The third kappa shape index (κ3) is 3.90. The Bertz CT molecular complexity index is 232. The van der Waals surface area contributed by atoms with Crippen LogP contribution in [-0.4, -0.2) is 35.0 Å². The van der Waals surface area contributed by atoms with Crippen LogP contribution in [0, 0.1) is 5.92 Å². The van der Waals surface area contributed by atoms with E-state index in [9.17, 15) is 9.59 Å². The van der Waals surface area contributed by atoms with E-state index in [4.69, 9.17) is 5.11 Å². The Balaban J connectivity index is 2.27. The minimum Gasteiger partial charge on any atom is -0.481 e. The van der Waals surface area contributed by atoms with Gasteiger partial charge in [0.1, 0.15) is 0 Å². The molecular weight excluding hydrogens is 194 g/mol. The van der Waals surface area contributed by atoms with Gasteiger partial charge in [0, 0.05) is 19.5 Å². The van der Waals surface area contributed by atoms with Crippen molar-refractivity contribution >= 4 is 11.9 Å². The highest BCUT2D eigenvalue weighted by molar-refractivity contribution is 5.80. The third-order valence-corrected chi connectivity index (χ3v) is 3.10. The Morgan fingerprint density at radius 2 is 1.87 bits per heavy atom. The molecule has 0 atom stereocenters. The Kier molecular flexibility index (Phi) is 4.59. The molecule has 0 unspecified atom stereocenters. The second kappa shape index (κ2) is 5.73. The maximum absolute atomic E-state index is 11.6. The van der Waals surface area contributed by atoms with Gasteiger partial charge in [-0.25, -0.2) is 0 Å². The molecule has 1 aliphatic heterocycles. The minimum absolute atomic E-state index is 0.00745. The third-order valence-electron chi connectivity index (χ3n) is 3.10. The molecule has 1 N–H and O–H groups in total. The van der Waals surface area contributed by atoms with E-state index in [1.165, 1.54) is 6.42 Å². The van der Waals surface area contributed by atoms with Crippen molar-refractivity contribution in [1.82, 2.24) is 4.90 Å². The number of hydrogen-bond acceptors (Lipinski definition) is 2. The molecular formula is C11H19NO3. The van der Waals surface area contributed by atoms with Crippen LogP contribution in [0.5, 0.6) is 0 Å². The Morgan fingerprint density at radius 3 is 2.33 bits per heavy atom. The molecule has 0 aromatic carbocycles. The molecule has 0 radical (unpaired) electrons. The molecule has 1 amide bonds. The zero-order chi connectivity index (χ0) is 11.3. The molecule has 1 rings (SSSR count). The summed E-state index contributed by atoms with van der Waals surface area (Å²) in [5.74, 6) is -0.160. The molecule has 0 aliphatic carbocycles. The lowest BCUT2D eigenvalue weighted by atomic mass is 9.94. The molecule has 1 heterocycles. The summed E-state index contributed by atoms with van der Waals surface area (Å²) in [6.45, 7) is 3.78. The van der Waals surface area contributed by atoms with Gasteiger partial charge in [0.25, 0.3) is 0 Å². The number of hydrogen-bond donors (Lipinski definition) is 1. The molecule has 0 spiro atoms. The van der Waals surface area contributed by atoms with Crippen molar-refractivity contribution in [2.75, 3.05) is 13.1 Å². The van der Waals surface area contributed by atoms with E-state index in [0.29, 0.717) is 0 Å². The number of amides is 1. The van der Waals surface area contributed by atoms with Gasteiger partial charge in [-0.05, 0) is 18.8 Å². The molecule has 1 saturated heterocycles. The van der Waals surface area contributed by atoms with E-state index >= 15 is 0 Å². The van der Waals surface area contributed by atoms with Gasteiger partial charge in [-0.15, -0.1) is 0 Å². The highest BCUT2D eigenvalue weighted by Gasteiger charge is 2.21. The number of carboxylic acid groups (broad SMARTS) is 1. The fourth-order valence-corrected chi connectivity index (χ4v) is 1.96. The van der Waals surface area contributed by atoms with Crippen LogP contribution in [-0.2, 0) is 9.59 Å². The molecule has 0 bridgehead atoms. The summed E-state index contributed by atoms with van der Waals surface area (Å²) in [5, 5.41) is 8.47. The van der Waals surface area contributed by atoms with Crippen LogP contribution in [0.3, 0.4) is 0 Å². The number of nitrogens with zero attached hydrogens (tertiary/aromatic N) is 1. The quantitative estimate of drug-likeness (QED) is 0.770. The van der Waals surface area contributed by atoms with Crippen LogP contribution in [0.1, 0.15) is 39.0 Å². The van der Waals surface area contributed by atoms with Gasteiger partial charge in [-0.3, -0.25) is 9.59 Å². The SMILES string of the molecule is CCC1CCN(C(=O)CCC(=O)O)CC1. The number of carbonyl (C=O) groups excluding carboxylic acids is 1. The fraction of sp³-hybridized carbons (Fsp3) is 0.818. The van der Waals surface area contributed by atoms with Crippen LogP contribution >= 0.6 is 0 Å². The van der Waals surface area contributed by atoms with Crippen LogP contribution in [0.4, 0.5) is 0 Å². The first-order valence-corrected chi connectivity index (χ1v) is 5.63. The number of carbonyl (C=O) groups is 2. The lowest BCUT2D eigenvalue weighted by molar-refractivity contribution is -0.141. The first kappa shape index (κ1) is 12.0. The zero-order valence-corrected chi connectivity index (χ0v) is 9.24. The Labute approximate surface area is 90.3 Å². The summed E-state index contributed by atoms with van der Waals surface area (Å²) < 4.78 is 0. The maximum atomic E-state index is 11.6. The molecule has 1 fully saturated rings. The standard InChI is InChI=1S/C11H19NO3/c1-2-9-5-7-12(8-6-9)10(13)3-4-11(14)15/h9H,2-8H2,1H3,(H,14,15). The summed E-state index contributed by atoms with van der Waals surface area (Å²) in [4.78, 5) is 23.7. The van der Waals surface area contributed by atoms with Crippen LogP contribution in [0.25, 0.3) is 0 Å². The Morgan fingerprint density at radius 1 is 1.27 bits per heavy atom. The molecule has 4 heteroatoms. The summed E-state index contributed by atoms with van der Waals surface area (Å²) >= 11 is 0. The number of aliphatic carboxylic acids is 1. The smallest absolute Gasteiger partial charge is 0.303 e. The number of rotatable bonds is 4. The summed E-state index contributed by atoms with van der Waals surface area (Å²) in [6.07, 6.45) is 3.40. The van der Waals surface area contributed by atoms with Gasteiger partial charge in [-0.1, -0.05) is 13.3 Å². The van der Waals surface area contributed by atoms with E-state index in [-0.39, 0.29) is 18.7 Å². The first-order valence-electron chi connectivity index (χ1n) is 5.63. The van der Waals surface area contributed by atoms with Crippen molar-refractivity contribution in [3.05, 3.63) is 0 Å². The van der Waals surface area contributed by atoms with Crippen molar-refractivity contribution in [3.8, 4) is 0 Å². The topological polar surface area (TPSA) is 57.6 Å². The van der Waals surface area contributed by atoms with E-state index in [1.54, 1.807) is 4.90 Å². The van der Waals surface area contributed by atoms with Gasteiger partial charge >= 0.3 is 5.97 Å². The predicted molar refractivity (Wildman–Crippen MR) is 56.5 cm³/mol. The first-order chi connectivity index (χ1) is 7.13. The predicted octanol–water partition coefficient (Wildman–Crippen LogP) is 1.50. The monoisotopic (exact) mass is 213 g/mol. The van der Waals surface area contributed by atoms with Crippen molar-refractivity contribution in [3.63, 3.8) is 0 Å². The molecule has 86 valence electrons. The summed E-state index contributed by atoms with van der Waals surface area (Å²) in [6, 6.07) is 0. The van der Waals surface area contributed by atoms with E-state index in [2.05, 4.69) is 6.92 Å². The Hall–Kier alpha value is -1.06. The fourth-order valence-electron chi connectivity index (χ4n) is 1.96. The van der Waals surface area contributed by atoms with Crippen LogP contribution < -0.4 is 0 Å². The molecule has 0 aromatic rings. The maximum Gasteiger partial charge on any atom is 0.303 e. The minimum atomic E-state index is -0.896. The lowest BCUT2D eigenvalue weighted by Crippen LogP contribution is -2.38. The van der Waals surface area contributed by atoms with E-state index < -0.39 is 5.97 Å². The molecule has 15 heavy (non-hydrogen) atoms. The van der Waals surface area contributed by atoms with Gasteiger partial charge in [0.15, 0.2) is 0 Å². The second-order valence-electron chi connectivity index (χ2n) is 4.13. The highest BCUT2D eigenvalue weighted by atomic mass is 16.4. The van der Waals surface area contributed by atoms with Gasteiger partial charge in [0.05, 0.1) is 6.42 Å². The van der Waals surface area contributed by atoms with Gasteiger partial charge in [0.2, 0.25) is 5.91 Å². The molecule has 0 saturated carbocycles. The van der Waals surface area contributed by atoms with Crippen LogP contribution in [0.2, 0.25) is 0 Å². The summed E-state index contributed by atoms with van der Waals surface area (Å²) in [7, 11) is 0. The van der Waals surface area contributed by atoms with E-state index in [0.717, 1.165) is 31.8 Å². The van der Waals surface area contributed by atoms with Crippen molar-refractivity contribution in [1.29, 1.82) is 0 Å². The number of carboxylic acids is 1. The highest BCUT2D eigenvalue weighted by Crippen LogP contribution is 2.20. The van der Waals surface area contributed by atoms with Gasteiger partial charge < -0.3 is 10.0 Å². The van der Waals surface area contributed by atoms with E-state index in [1.807, 2.05) is 0 Å². The van der Waals surface area contributed by atoms with Crippen molar-refractivity contribution in [2.24, 2.45) is 5.92 Å². The van der Waals surface area contributed by atoms with Gasteiger partial charge in [-0.2, -0.15) is 0 Å². The number of piperidine rings is 1. The average molecular weight is 213 g/mol. The molecule has 1 aliphatic rings. The normalized spacial score (nSPS) is 17.8. The molecule has 0 aromatic heterocycles. The largest absolute Gasteiger partial charge is 0.481 e. The second-order valence-corrected chi connectivity index (χ2v) is 4.13. The van der Waals surface area contributed by atoms with Crippen molar-refractivity contribution < 1.29 is 14.7 Å². The number of likely N-dealkylation sites (tertiary alicyclic amines) is 1.